The number of likely N-dealkylation sites (N-methyl/N-ethyl adjacent to an activating group) is 1. The van der Waals surface area contributed by atoms with Gasteiger partial charge in [0.1, 0.15) is 4.47 Å². The second kappa shape index (κ2) is 5.99. The third-order valence-electron chi connectivity index (χ3n) is 3.85. The second-order valence-electron chi connectivity index (χ2n) is 5.18. The van der Waals surface area contributed by atoms with Gasteiger partial charge in [-0.2, -0.15) is 0 Å². The highest BCUT2D eigenvalue weighted by molar-refractivity contribution is 9.10. The molecule has 2 aromatic rings. The van der Waals surface area contributed by atoms with Crippen LogP contribution in [0.5, 0.6) is 0 Å². The van der Waals surface area contributed by atoms with E-state index in [1.54, 1.807) is 0 Å². The Kier molecular flexibility index (Phi) is 4.07. The zero-order chi connectivity index (χ0) is 14.8. The lowest BCUT2D eigenvalue weighted by Gasteiger charge is -2.38. The molecule has 0 aliphatic carbocycles. The second-order valence-corrected chi connectivity index (χ2v) is 5.97. The number of hydrogen-bond donors (Lipinski definition) is 2. The standard InChI is InChI=1S/C15H17BrN4O/c1-17-7-12-6-10-4-2-3-5-11(10)8-20(12)14-13(16)15(21)19-9-18-14/h2-5,9,12,17H,6-8H2,1H3,(H,18,19,21). The number of aromatic nitrogens is 2. The number of H-pyrrole nitrogens is 1. The summed E-state index contributed by atoms with van der Waals surface area (Å²) in [6.45, 7) is 1.60. The van der Waals surface area contributed by atoms with Crippen molar-refractivity contribution in [2.24, 2.45) is 0 Å². The molecule has 1 aromatic heterocycles. The summed E-state index contributed by atoms with van der Waals surface area (Å²) < 4.78 is 0.491. The maximum atomic E-state index is 11.8. The van der Waals surface area contributed by atoms with Crippen molar-refractivity contribution >= 4 is 21.7 Å². The van der Waals surface area contributed by atoms with Gasteiger partial charge in [-0.3, -0.25) is 4.79 Å². The maximum absolute atomic E-state index is 11.8. The Morgan fingerprint density at radius 3 is 2.95 bits per heavy atom. The largest absolute Gasteiger partial charge is 0.347 e. The van der Waals surface area contributed by atoms with Gasteiger partial charge >= 0.3 is 0 Å². The molecule has 1 aliphatic rings. The van der Waals surface area contributed by atoms with Crippen molar-refractivity contribution < 1.29 is 0 Å². The lowest BCUT2D eigenvalue weighted by molar-refractivity contribution is 0.522. The SMILES string of the molecule is CNCC1Cc2ccccc2CN1c1nc[nH]c(=O)c1Br. The van der Waals surface area contributed by atoms with Gasteiger partial charge < -0.3 is 15.2 Å². The number of hydrogen-bond acceptors (Lipinski definition) is 4. The first-order valence-corrected chi connectivity index (χ1v) is 7.71. The normalized spacial score (nSPS) is 17.6. The van der Waals surface area contributed by atoms with E-state index in [4.69, 9.17) is 0 Å². The number of fused-ring (bicyclic) bond motifs is 1. The Labute approximate surface area is 131 Å². The fraction of sp³-hybridized carbons (Fsp3) is 0.333. The Balaban J connectivity index is 2.03. The summed E-state index contributed by atoms with van der Waals surface area (Å²) >= 11 is 3.37. The topological polar surface area (TPSA) is 61.0 Å². The predicted octanol–water partition coefficient (Wildman–Crippen LogP) is 1.68. The lowest BCUT2D eigenvalue weighted by atomic mass is 9.94. The highest BCUT2D eigenvalue weighted by Gasteiger charge is 2.28. The van der Waals surface area contributed by atoms with Crippen LogP contribution in [-0.4, -0.2) is 29.6 Å². The lowest BCUT2D eigenvalue weighted by Crippen LogP contribution is -2.46. The molecule has 1 aliphatic heterocycles. The first-order chi connectivity index (χ1) is 10.2. The smallest absolute Gasteiger partial charge is 0.267 e. The molecule has 1 aromatic carbocycles. The van der Waals surface area contributed by atoms with Crippen molar-refractivity contribution in [3.63, 3.8) is 0 Å². The molecule has 0 amide bonds. The molecule has 0 saturated heterocycles. The number of nitrogens with one attached hydrogen (secondary N) is 2. The molecular weight excluding hydrogens is 332 g/mol. The number of rotatable bonds is 3. The van der Waals surface area contributed by atoms with Crippen LogP contribution < -0.4 is 15.8 Å². The first kappa shape index (κ1) is 14.3. The minimum absolute atomic E-state index is 0.151. The van der Waals surface area contributed by atoms with Gasteiger partial charge in [0.2, 0.25) is 0 Å². The Hall–Kier alpha value is -1.66. The number of nitrogens with zero attached hydrogens (tertiary/aromatic N) is 2. The van der Waals surface area contributed by atoms with Crippen molar-refractivity contribution in [3.05, 3.63) is 56.5 Å². The zero-order valence-electron chi connectivity index (χ0n) is 11.8. The van der Waals surface area contributed by atoms with Gasteiger partial charge in [-0.15, -0.1) is 0 Å². The van der Waals surface area contributed by atoms with Crippen molar-refractivity contribution in [3.8, 4) is 0 Å². The van der Waals surface area contributed by atoms with Gasteiger partial charge in [0.25, 0.3) is 5.56 Å². The van der Waals surface area contributed by atoms with Gasteiger partial charge in [0.15, 0.2) is 5.82 Å². The van der Waals surface area contributed by atoms with Gasteiger partial charge in [0, 0.05) is 19.1 Å². The molecule has 3 rings (SSSR count). The molecule has 6 heteroatoms. The fourth-order valence-corrected chi connectivity index (χ4v) is 3.27. The van der Waals surface area contributed by atoms with Crippen LogP contribution in [0.25, 0.3) is 0 Å². The molecule has 0 bridgehead atoms. The van der Waals surface area contributed by atoms with E-state index >= 15 is 0 Å². The monoisotopic (exact) mass is 348 g/mol. The van der Waals surface area contributed by atoms with E-state index in [1.165, 1.54) is 17.5 Å². The van der Waals surface area contributed by atoms with Crippen LogP contribution in [0.3, 0.4) is 0 Å². The third kappa shape index (κ3) is 2.73. The van der Waals surface area contributed by atoms with Crippen LogP contribution in [0.15, 0.2) is 39.9 Å². The average molecular weight is 349 g/mol. The minimum Gasteiger partial charge on any atom is -0.347 e. The Morgan fingerprint density at radius 1 is 1.43 bits per heavy atom. The molecule has 0 fully saturated rings. The van der Waals surface area contributed by atoms with Crippen LogP contribution in [0, 0.1) is 0 Å². The van der Waals surface area contributed by atoms with Crippen molar-refractivity contribution in [1.82, 2.24) is 15.3 Å². The summed E-state index contributed by atoms with van der Waals surface area (Å²) in [5.41, 5.74) is 2.51. The van der Waals surface area contributed by atoms with E-state index in [0.717, 1.165) is 19.5 Å². The minimum atomic E-state index is -0.151. The van der Waals surface area contributed by atoms with E-state index in [0.29, 0.717) is 10.3 Å². The summed E-state index contributed by atoms with van der Waals surface area (Å²) in [6, 6.07) is 8.71. The van der Waals surface area contributed by atoms with Crippen molar-refractivity contribution in [1.29, 1.82) is 0 Å². The van der Waals surface area contributed by atoms with Gasteiger partial charge in [-0.05, 0) is 40.5 Å². The highest BCUT2D eigenvalue weighted by atomic mass is 79.9. The predicted molar refractivity (Wildman–Crippen MR) is 86.6 cm³/mol. The summed E-state index contributed by atoms with van der Waals surface area (Å²) in [5.74, 6) is 0.702. The summed E-state index contributed by atoms with van der Waals surface area (Å²) in [5, 5.41) is 3.23. The quantitative estimate of drug-likeness (QED) is 0.885. The van der Waals surface area contributed by atoms with Crippen LogP contribution >= 0.6 is 15.9 Å². The molecular formula is C15H17BrN4O. The van der Waals surface area contributed by atoms with E-state index in [-0.39, 0.29) is 11.6 Å². The molecule has 5 nitrogen and oxygen atoms in total. The molecule has 1 atom stereocenters. The molecule has 21 heavy (non-hydrogen) atoms. The summed E-state index contributed by atoms with van der Waals surface area (Å²) in [6.07, 6.45) is 2.40. The van der Waals surface area contributed by atoms with E-state index in [9.17, 15) is 4.79 Å². The summed E-state index contributed by atoms with van der Waals surface area (Å²) in [4.78, 5) is 21.0. The van der Waals surface area contributed by atoms with Crippen molar-refractivity contribution in [2.75, 3.05) is 18.5 Å². The van der Waals surface area contributed by atoms with E-state index < -0.39 is 0 Å². The van der Waals surface area contributed by atoms with Crippen LogP contribution in [-0.2, 0) is 13.0 Å². The molecule has 0 spiro atoms. The first-order valence-electron chi connectivity index (χ1n) is 6.92. The van der Waals surface area contributed by atoms with Gasteiger partial charge in [-0.1, -0.05) is 24.3 Å². The van der Waals surface area contributed by atoms with E-state index in [2.05, 4.69) is 60.4 Å². The molecule has 2 heterocycles. The maximum Gasteiger partial charge on any atom is 0.267 e. The number of benzene rings is 1. The molecule has 110 valence electrons. The van der Waals surface area contributed by atoms with E-state index in [1.807, 2.05) is 7.05 Å². The third-order valence-corrected chi connectivity index (χ3v) is 4.56. The van der Waals surface area contributed by atoms with Crippen molar-refractivity contribution in [2.45, 2.75) is 19.0 Å². The average Bonchev–Trinajstić information content (AvgIpc) is 2.50. The van der Waals surface area contributed by atoms with Gasteiger partial charge in [-0.25, -0.2) is 4.98 Å². The molecule has 0 radical (unpaired) electrons. The molecule has 1 unspecified atom stereocenters. The Morgan fingerprint density at radius 2 is 2.19 bits per heavy atom. The molecule has 0 saturated carbocycles. The van der Waals surface area contributed by atoms with Crippen LogP contribution in [0.2, 0.25) is 0 Å². The Bertz CT molecular complexity index is 700. The number of halogens is 1. The number of aromatic amines is 1. The fourth-order valence-electron chi connectivity index (χ4n) is 2.83. The zero-order valence-corrected chi connectivity index (χ0v) is 13.4. The molecule has 2 N–H and O–H groups in total. The van der Waals surface area contributed by atoms with Crippen LogP contribution in [0.1, 0.15) is 11.1 Å². The van der Waals surface area contributed by atoms with Gasteiger partial charge in [0.05, 0.1) is 6.33 Å². The summed E-state index contributed by atoms with van der Waals surface area (Å²) in [7, 11) is 1.94. The number of anilines is 1. The highest BCUT2D eigenvalue weighted by Crippen LogP contribution is 2.29. The van der Waals surface area contributed by atoms with Crippen LogP contribution in [0.4, 0.5) is 5.82 Å².